The average molecular weight is 443 g/mol. The van der Waals surface area contributed by atoms with Crippen LogP contribution in [-0.2, 0) is 16.1 Å². The van der Waals surface area contributed by atoms with Gasteiger partial charge in [0.25, 0.3) is 17.4 Å². The molecule has 7 nitrogen and oxygen atoms in total. The zero-order valence-electron chi connectivity index (χ0n) is 17.1. The van der Waals surface area contributed by atoms with E-state index in [2.05, 4.69) is 15.7 Å². The van der Waals surface area contributed by atoms with Crippen LogP contribution < -0.4 is 15.4 Å². The second kappa shape index (κ2) is 7.70. The number of nitrogens with zero attached hydrogens (tertiary/aromatic N) is 2. The van der Waals surface area contributed by atoms with Gasteiger partial charge in [0.05, 0.1) is 29.3 Å². The Bertz CT molecular complexity index is 1210. The van der Waals surface area contributed by atoms with E-state index in [0.717, 1.165) is 5.56 Å². The van der Waals surface area contributed by atoms with Crippen LogP contribution in [0.5, 0.6) is 5.75 Å². The molecule has 1 aromatic heterocycles. The van der Waals surface area contributed by atoms with E-state index < -0.39 is 17.4 Å². The van der Waals surface area contributed by atoms with Gasteiger partial charge in [-0.3, -0.25) is 14.3 Å². The molecular weight excluding hydrogens is 423 g/mol. The van der Waals surface area contributed by atoms with Gasteiger partial charge in [-0.2, -0.15) is 5.10 Å². The maximum Gasteiger partial charge on any atom is 0.278 e. The lowest BCUT2D eigenvalue weighted by atomic mass is 10.0. The highest BCUT2D eigenvalue weighted by molar-refractivity contribution is 6.31. The molecule has 1 aliphatic rings. The topological polar surface area (TPSA) is 85.2 Å². The van der Waals surface area contributed by atoms with E-state index in [1.54, 1.807) is 48.9 Å². The fourth-order valence-corrected chi connectivity index (χ4v) is 3.59. The number of fused-ring (bicyclic) bond motifs is 1. The van der Waals surface area contributed by atoms with Gasteiger partial charge in [-0.15, -0.1) is 0 Å². The molecule has 1 atom stereocenters. The normalized spacial score (nSPS) is 17.5. The molecule has 160 valence electrons. The fourth-order valence-electron chi connectivity index (χ4n) is 3.42. The first-order chi connectivity index (χ1) is 14.7. The lowest BCUT2D eigenvalue weighted by molar-refractivity contribution is -0.143. The van der Waals surface area contributed by atoms with Gasteiger partial charge in [-0.05, 0) is 56.7 Å². The van der Waals surface area contributed by atoms with Crippen LogP contribution in [0, 0.1) is 19.7 Å². The lowest BCUT2D eigenvalue weighted by Gasteiger charge is -2.33. The molecule has 0 aliphatic carbocycles. The Morgan fingerprint density at radius 2 is 2.06 bits per heavy atom. The van der Waals surface area contributed by atoms with Crippen molar-refractivity contribution in [3.05, 3.63) is 70.3 Å². The number of benzene rings is 2. The molecule has 1 aliphatic heterocycles. The molecule has 1 unspecified atom stereocenters. The summed E-state index contributed by atoms with van der Waals surface area (Å²) < 4.78 is 20.9. The number of ether oxygens (including phenoxy) is 1. The molecular formula is C22H20ClFN4O3. The standard InChI is InChI=1S/C22H20ClFN4O3/c1-12-19(13(2)28(27-12)11-14-5-4-6-16(24)9-14)26-21(30)22(3)20(29)25-17-10-15(23)7-8-18(17)31-22/h4-10H,11H2,1-3H3,(H,25,29)(H,26,30). The highest BCUT2D eigenvalue weighted by Gasteiger charge is 2.47. The Morgan fingerprint density at radius 1 is 1.29 bits per heavy atom. The van der Waals surface area contributed by atoms with Crippen molar-refractivity contribution in [1.82, 2.24) is 9.78 Å². The molecule has 0 fully saturated rings. The zero-order chi connectivity index (χ0) is 22.3. The largest absolute Gasteiger partial charge is 0.466 e. The predicted octanol–water partition coefficient (Wildman–Crippen LogP) is 4.07. The molecule has 0 radical (unpaired) electrons. The summed E-state index contributed by atoms with van der Waals surface area (Å²) in [6.07, 6.45) is 0. The van der Waals surface area contributed by atoms with E-state index in [9.17, 15) is 14.0 Å². The van der Waals surface area contributed by atoms with Crippen LogP contribution in [0.4, 0.5) is 15.8 Å². The van der Waals surface area contributed by atoms with Crippen LogP contribution in [0.3, 0.4) is 0 Å². The van der Waals surface area contributed by atoms with Crippen LogP contribution in [0.1, 0.15) is 23.9 Å². The molecule has 3 aromatic rings. The lowest BCUT2D eigenvalue weighted by Crippen LogP contribution is -2.56. The van der Waals surface area contributed by atoms with E-state index in [1.807, 2.05) is 0 Å². The first-order valence-electron chi connectivity index (χ1n) is 9.57. The molecule has 4 rings (SSSR count). The quantitative estimate of drug-likeness (QED) is 0.596. The van der Waals surface area contributed by atoms with Gasteiger partial charge in [0.2, 0.25) is 0 Å². The molecule has 0 spiro atoms. The molecule has 31 heavy (non-hydrogen) atoms. The summed E-state index contributed by atoms with van der Waals surface area (Å²) in [7, 11) is 0. The Morgan fingerprint density at radius 3 is 2.81 bits per heavy atom. The van der Waals surface area contributed by atoms with Crippen molar-refractivity contribution in [2.24, 2.45) is 0 Å². The molecule has 0 saturated heterocycles. The number of aryl methyl sites for hydroxylation is 1. The third kappa shape index (κ3) is 3.86. The van der Waals surface area contributed by atoms with Crippen molar-refractivity contribution in [3.63, 3.8) is 0 Å². The van der Waals surface area contributed by atoms with Gasteiger partial charge in [0.1, 0.15) is 11.6 Å². The number of aromatic nitrogens is 2. The molecule has 2 amide bonds. The monoisotopic (exact) mass is 442 g/mol. The van der Waals surface area contributed by atoms with Crippen LogP contribution in [0.25, 0.3) is 0 Å². The number of rotatable bonds is 4. The summed E-state index contributed by atoms with van der Waals surface area (Å²) in [4.78, 5) is 25.8. The van der Waals surface area contributed by atoms with Crippen LogP contribution in [0.2, 0.25) is 5.02 Å². The number of nitrogens with one attached hydrogen (secondary N) is 2. The third-order valence-corrected chi connectivity index (χ3v) is 5.45. The molecule has 9 heteroatoms. The van der Waals surface area contributed by atoms with Crippen LogP contribution in [-0.4, -0.2) is 27.2 Å². The fraction of sp³-hybridized carbons (Fsp3) is 0.227. The Balaban J connectivity index is 1.58. The minimum Gasteiger partial charge on any atom is -0.466 e. The van der Waals surface area contributed by atoms with Gasteiger partial charge >= 0.3 is 0 Å². The molecule has 0 saturated carbocycles. The van der Waals surface area contributed by atoms with Crippen LogP contribution >= 0.6 is 11.6 Å². The molecule has 2 N–H and O–H groups in total. The number of halogens is 2. The number of amides is 2. The smallest absolute Gasteiger partial charge is 0.278 e. The SMILES string of the molecule is Cc1nn(Cc2cccc(F)c2)c(C)c1NC(=O)C1(C)Oc2ccc(Cl)cc2NC1=O. The van der Waals surface area contributed by atoms with E-state index in [0.29, 0.717) is 40.1 Å². The van der Waals surface area contributed by atoms with Crippen molar-refractivity contribution in [2.75, 3.05) is 10.6 Å². The van der Waals surface area contributed by atoms with Gasteiger partial charge < -0.3 is 15.4 Å². The van der Waals surface area contributed by atoms with E-state index in [1.165, 1.54) is 19.1 Å². The van der Waals surface area contributed by atoms with Gasteiger partial charge in [0, 0.05) is 5.02 Å². The molecule has 0 bridgehead atoms. The minimum absolute atomic E-state index is 0.331. The maximum absolute atomic E-state index is 13.5. The summed E-state index contributed by atoms with van der Waals surface area (Å²) in [5.74, 6) is -1.23. The first-order valence-corrected chi connectivity index (χ1v) is 9.95. The van der Waals surface area contributed by atoms with Crippen molar-refractivity contribution in [2.45, 2.75) is 32.9 Å². The Labute approximate surface area is 183 Å². The Kier molecular flexibility index (Phi) is 5.18. The van der Waals surface area contributed by atoms with E-state index >= 15 is 0 Å². The van der Waals surface area contributed by atoms with Gasteiger partial charge in [-0.1, -0.05) is 23.7 Å². The first kappa shape index (κ1) is 20.9. The molecule has 2 heterocycles. The predicted molar refractivity (Wildman–Crippen MR) is 115 cm³/mol. The summed E-state index contributed by atoms with van der Waals surface area (Å²) >= 11 is 5.95. The van der Waals surface area contributed by atoms with Crippen molar-refractivity contribution in [1.29, 1.82) is 0 Å². The van der Waals surface area contributed by atoms with Crippen LogP contribution in [0.15, 0.2) is 42.5 Å². The van der Waals surface area contributed by atoms with E-state index in [4.69, 9.17) is 16.3 Å². The number of hydrogen-bond acceptors (Lipinski definition) is 4. The van der Waals surface area contributed by atoms with Gasteiger partial charge in [-0.25, -0.2) is 4.39 Å². The third-order valence-electron chi connectivity index (χ3n) is 5.21. The number of anilines is 2. The second-order valence-corrected chi connectivity index (χ2v) is 7.95. The summed E-state index contributed by atoms with van der Waals surface area (Å²) in [6, 6.07) is 11.0. The van der Waals surface area contributed by atoms with Crippen molar-refractivity contribution in [3.8, 4) is 5.75 Å². The number of carbonyl (C=O) groups excluding carboxylic acids is 2. The highest BCUT2D eigenvalue weighted by Crippen LogP contribution is 2.36. The average Bonchev–Trinajstić information content (AvgIpc) is 2.96. The van der Waals surface area contributed by atoms with Crippen molar-refractivity contribution < 1.29 is 18.7 Å². The number of hydrogen-bond donors (Lipinski definition) is 2. The van der Waals surface area contributed by atoms with Crippen molar-refractivity contribution >= 4 is 34.8 Å². The maximum atomic E-state index is 13.5. The highest BCUT2D eigenvalue weighted by atomic mass is 35.5. The number of carbonyl (C=O) groups is 2. The molecule has 2 aromatic carbocycles. The van der Waals surface area contributed by atoms with Gasteiger partial charge in [0.15, 0.2) is 0 Å². The summed E-state index contributed by atoms with van der Waals surface area (Å²) in [6.45, 7) is 5.27. The second-order valence-electron chi connectivity index (χ2n) is 7.52. The summed E-state index contributed by atoms with van der Waals surface area (Å²) in [5, 5.41) is 10.3. The Hall–Kier alpha value is -3.39. The van der Waals surface area contributed by atoms with E-state index in [-0.39, 0.29) is 5.82 Å². The minimum atomic E-state index is -1.79. The summed E-state index contributed by atoms with van der Waals surface area (Å²) in [5.41, 5.74) is 1.06. The zero-order valence-corrected chi connectivity index (χ0v) is 17.9.